The second-order valence-electron chi connectivity index (χ2n) is 6.10. The number of amides is 1. The fourth-order valence-corrected chi connectivity index (χ4v) is 3.94. The van der Waals surface area contributed by atoms with Gasteiger partial charge in [0.25, 0.3) is 5.91 Å². The quantitative estimate of drug-likeness (QED) is 0.925. The topological polar surface area (TPSA) is 70.8 Å². The van der Waals surface area contributed by atoms with Crippen molar-refractivity contribution in [1.29, 1.82) is 0 Å². The van der Waals surface area contributed by atoms with E-state index in [0.29, 0.717) is 30.2 Å². The molecule has 2 fully saturated rings. The molecule has 1 saturated heterocycles. The number of nitrogens with zero attached hydrogens (tertiary/aromatic N) is 1. The van der Waals surface area contributed by atoms with Crippen LogP contribution in [-0.4, -0.2) is 34.5 Å². The summed E-state index contributed by atoms with van der Waals surface area (Å²) in [5.41, 5.74) is 0.531. The van der Waals surface area contributed by atoms with Gasteiger partial charge < -0.3 is 14.4 Å². The van der Waals surface area contributed by atoms with Crippen LogP contribution in [0, 0.1) is 11.8 Å². The molecule has 1 aliphatic carbocycles. The zero-order chi connectivity index (χ0) is 15.0. The molecule has 21 heavy (non-hydrogen) atoms. The first-order chi connectivity index (χ1) is 10.1. The molecular formula is C16H21NO4. The SMILES string of the molecule is CCCc1occc1C(=O)N1C[C@@H]2CCC[C@@H]2[C@@H]1C(=O)O. The summed E-state index contributed by atoms with van der Waals surface area (Å²) in [6, 6.07) is 0.995. The van der Waals surface area contributed by atoms with Crippen molar-refractivity contribution < 1.29 is 19.1 Å². The van der Waals surface area contributed by atoms with Crippen LogP contribution >= 0.6 is 0 Å². The predicted molar refractivity (Wildman–Crippen MR) is 76.0 cm³/mol. The number of likely N-dealkylation sites (tertiary alicyclic amines) is 1. The van der Waals surface area contributed by atoms with E-state index in [4.69, 9.17) is 4.42 Å². The minimum Gasteiger partial charge on any atom is -0.480 e. The molecule has 1 aromatic heterocycles. The monoisotopic (exact) mass is 291 g/mol. The maximum atomic E-state index is 12.8. The molecule has 0 bridgehead atoms. The molecule has 3 atom stereocenters. The predicted octanol–water partition coefficient (Wildman–Crippen LogP) is 2.56. The van der Waals surface area contributed by atoms with Crippen molar-refractivity contribution in [3.8, 4) is 0 Å². The molecule has 0 unspecified atom stereocenters. The highest BCUT2D eigenvalue weighted by Gasteiger charge is 2.49. The fourth-order valence-electron chi connectivity index (χ4n) is 3.94. The number of hydrogen-bond donors (Lipinski definition) is 1. The summed E-state index contributed by atoms with van der Waals surface area (Å²) in [6.07, 6.45) is 6.14. The van der Waals surface area contributed by atoms with E-state index in [-0.39, 0.29) is 11.8 Å². The second-order valence-corrected chi connectivity index (χ2v) is 6.10. The highest BCUT2D eigenvalue weighted by atomic mass is 16.4. The van der Waals surface area contributed by atoms with Crippen LogP contribution in [-0.2, 0) is 11.2 Å². The first-order valence-electron chi connectivity index (χ1n) is 7.73. The number of carbonyl (C=O) groups excluding carboxylic acids is 1. The van der Waals surface area contributed by atoms with Gasteiger partial charge >= 0.3 is 5.97 Å². The molecule has 0 spiro atoms. The maximum absolute atomic E-state index is 12.8. The molecule has 2 aliphatic rings. The summed E-state index contributed by atoms with van der Waals surface area (Å²) in [6.45, 7) is 2.59. The molecule has 1 amide bonds. The van der Waals surface area contributed by atoms with E-state index in [1.165, 1.54) is 6.26 Å². The lowest BCUT2D eigenvalue weighted by Crippen LogP contribution is -2.43. The van der Waals surface area contributed by atoms with Gasteiger partial charge in [-0.15, -0.1) is 0 Å². The Bertz CT molecular complexity index is 550. The number of furan rings is 1. The van der Waals surface area contributed by atoms with Gasteiger partial charge in [0.1, 0.15) is 11.8 Å². The van der Waals surface area contributed by atoms with Crippen LogP contribution in [0.2, 0.25) is 0 Å². The molecule has 2 heterocycles. The number of aryl methyl sites for hydroxylation is 1. The average molecular weight is 291 g/mol. The van der Waals surface area contributed by atoms with Crippen molar-refractivity contribution in [3.63, 3.8) is 0 Å². The van der Waals surface area contributed by atoms with Crippen LogP contribution in [0.1, 0.15) is 48.7 Å². The highest BCUT2D eigenvalue weighted by molar-refractivity contribution is 5.98. The number of carboxylic acid groups (broad SMARTS) is 1. The summed E-state index contributed by atoms with van der Waals surface area (Å²) in [4.78, 5) is 25.9. The Labute approximate surface area is 123 Å². The Morgan fingerprint density at radius 1 is 1.43 bits per heavy atom. The molecule has 3 rings (SSSR count). The number of aliphatic carboxylic acids is 1. The van der Waals surface area contributed by atoms with Crippen LogP contribution in [0.3, 0.4) is 0 Å². The third kappa shape index (κ3) is 2.34. The van der Waals surface area contributed by atoms with Gasteiger partial charge in [-0.1, -0.05) is 13.3 Å². The smallest absolute Gasteiger partial charge is 0.326 e. The molecule has 1 saturated carbocycles. The van der Waals surface area contributed by atoms with Gasteiger partial charge in [0.2, 0.25) is 0 Å². The number of carboxylic acids is 1. The molecule has 0 aromatic carbocycles. The molecule has 1 N–H and O–H groups in total. The van der Waals surface area contributed by atoms with Crippen LogP contribution in [0.4, 0.5) is 0 Å². The van der Waals surface area contributed by atoms with E-state index in [1.807, 2.05) is 6.92 Å². The van der Waals surface area contributed by atoms with Gasteiger partial charge in [0.05, 0.1) is 11.8 Å². The van der Waals surface area contributed by atoms with Crippen molar-refractivity contribution in [3.05, 3.63) is 23.7 Å². The molecule has 1 aliphatic heterocycles. The Hall–Kier alpha value is -1.78. The van der Waals surface area contributed by atoms with Crippen molar-refractivity contribution in [2.24, 2.45) is 11.8 Å². The van der Waals surface area contributed by atoms with E-state index in [0.717, 1.165) is 25.7 Å². The van der Waals surface area contributed by atoms with Gasteiger partial charge in [0.15, 0.2) is 0 Å². The third-order valence-corrected chi connectivity index (χ3v) is 4.86. The minimum atomic E-state index is -0.877. The maximum Gasteiger partial charge on any atom is 0.326 e. The number of hydrogen-bond acceptors (Lipinski definition) is 3. The Kier molecular flexibility index (Phi) is 3.74. The van der Waals surface area contributed by atoms with Crippen molar-refractivity contribution in [2.75, 3.05) is 6.54 Å². The van der Waals surface area contributed by atoms with E-state index in [1.54, 1.807) is 11.0 Å². The van der Waals surface area contributed by atoms with Crippen LogP contribution < -0.4 is 0 Å². The second kappa shape index (κ2) is 5.54. The highest BCUT2D eigenvalue weighted by Crippen LogP contribution is 2.42. The third-order valence-electron chi connectivity index (χ3n) is 4.86. The van der Waals surface area contributed by atoms with Gasteiger partial charge in [-0.3, -0.25) is 4.79 Å². The number of fused-ring (bicyclic) bond motifs is 1. The lowest BCUT2D eigenvalue weighted by molar-refractivity contribution is -0.142. The van der Waals surface area contributed by atoms with E-state index in [9.17, 15) is 14.7 Å². The zero-order valence-corrected chi connectivity index (χ0v) is 12.2. The molecule has 5 heteroatoms. The average Bonchev–Trinajstić information content (AvgIpc) is 3.11. The standard InChI is InChI=1S/C16H21NO4/c1-2-4-13-12(7-8-21-13)15(18)17-9-10-5-3-6-11(10)14(17)16(19)20/h7-8,10-11,14H,2-6,9H2,1H3,(H,19,20)/t10-,11-,14+/m0/s1. The van der Waals surface area contributed by atoms with Gasteiger partial charge in [0, 0.05) is 13.0 Å². The zero-order valence-electron chi connectivity index (χ0n) is 12.2. The largest absolute Gasteiger partial charge is 0.480 e. The summed E-state index contributed by atoms with van der Waals surface area (Å²) in [5, 5.41) is 9.53. The van der Waals surface area contributed by atoms with Gasteiger partial charge in [-0.25, -0.2) is 4.79 Å². The molecule has 1 aromatic rings. The van der Waals surface area contributed by atoms with Crippen molar-refractivity contribution in [2.45, 2.75) is 45.1 Å². The number of carbonyl (C=O) groups is 2. The van der Waals surface area contributed by atoms with E-state index in [2.05, 4.69) is 0 Å². The minimum absolute atomic E-state index is 0.118. The Morgan fingerprint density at radius 2 is 2.24 bits per heavy atom. The first kappa shape index (κ1) is 14.2. The van der Waals surface area contributed by atoms with Crippen molar-refractivity contribution in [1.82, 2.24) is 4.90 Å². The van der Waals surface area contributed by atoms with Crippen LogP contribution in [0.5, 0.6) is 0 Å². The molecular weight excluding hydrogens is 270 g/mol. The summed E-state index contributed by atoms with van der Waals surface area (Å²) in [5.74, 6) is 0.0699. The molecule has 114 valence electrons. The molecule has 0 radical (unpaired) electrons. The Morgan fingerprint density at radius 3 is 2.95 bits per heavy atom. The first-order valence-corrected chi connectivity index (χ1v) is 7.73. The lowest BCUT2D eigenvalue weighted by Gasteiger charge is -2.24. The van der Waals surface area contributed by atoms with Gasteiger partial charge in [-0.05, 0) is 37.2 Å². The van der Waals surface area contributed by atoms with Crippen LogP contribution in [0.25, 0.3) is 0 Å². The fraction of sp³-hybridized carbons (Fsp3) is 0.625. The summed E-state index contributed by atoms with van der Waals surface area (Å²) in [7, 11) is 0. The lowest BCUT2D eigenvalue weighted by atomic mass is 9.94. The molecule has 5 nitrogen and oxygen atoms in total. The number of rotatable bonds is 4. The van der Waals surface area contributed by atoms with Crippen molar-refractivity contribution >= 4 is 11.9 Å². The summed E-state index contributed by atoms with van der Waals surface area (Å²) >= 11 is 0. The van der Waals surface area contributed by atoms with Gasteiger partial charge in [-0.2, -0.15) is 0 Å². The van der Waals surface area contributed by atoms with Crippen LogP contribution in [0.15, 0.2) is 16.7 Å². The van der Waals surface area contributed by atoms with E-state index >= 15 is 0 Å². The Balaban J connectivity index is 1.86. The normalized spacial score (nSPS) is 27.9. The summed E-state index contributed by atoms with van der Waals surface area (Å²) < 4.78 is 5.38. The van der Waals surface area contributed by atoms with E-state index < -0.39 is 12.0 Å².